The highest BCUT2D eigenvalue weighted by Crippen LogP contribution is 2.34. The Bertz CT molecular complexity index is 1050. The Kier molecular flexibility index (Phi) is 2.90. The van der Waals surface area contributed by atoms with Crippen molar-refractivity contribution in [1.82, 2.24) is 24.9 Å². The van der Waals surface area contributed by atoms with E-state index in [4.69, 9.17) is 0 Å². The topological polar surface area (TPSA) is 99.4 Å². The van der Waals surface area contributed by atoms with E-state index in [1.165, 1.54) is 6.08 Å². The molecule has 0 aromatic carbocycles. The number of amides is 1. The van der Waals surface area contributed by atoms with Crippen LogP contribution in [0.3, 0.4) is 0 Å². The van der Waals surface area contributed by atoms with Crippen molar-refractivity contribution in [3.63, 3.8) is 0 Å². The lowest BCUT2D eigenvalue weighted by atomic mass is 10.1. The summed E-state index contributed by atoms with van der Waals surface area (Å²) in [5.41, 5.74) is 3.53. The van der Waals surface area contributed by atoms with Gasteiger partial charge in [-0.1, -0.05) is 6.58 Å². The number of rotatable bonds is 3. The van der Waals surface area contributed by atoms with E-state index in [9.17, 15) is 4.79 Å². The molecule has 0 atom stereocenters. The van der Waals surface area contributed by atoms with Crippen LogP contribution in [0.25, 0.3) is 33.5 Å². The SMILES string of the molecule is C=CC(=O)Nc1[nH]c2ncccc2c1-c1cnc2[nH]ccc2n1. The lowest BCUT2D eigenvalue weighted by Crippen LogP contribution is -2.08. The first kappa shape index (κ1) is 13.2. The van der Waals surface area contributed by atoms with Crippen molar-refractivity contribution in [1.29, 1.82) is 0 Å². The molecule has 1 amide bonds. The van der Waals surface area contributed by atoms with Crippen LogP contribution in [0.5, 0.6) is 0 Å². The van der Waals surface area contributed by atoms with E-state index in [0.29, 0.717) is 22.8 Å². The number of hydrogen-bond acceptors (Lipinski definition) is 4. The molecule has 4 rings (SSSR count). The van der Waals surface area contributed by atoms with Gasteiger partial charge in [0, 0.05) is 17.8 Å². The second kappa shape index (κ2) is 5.06. The van der Waals surface area contributed by atoms with Gasteiger partial charge < -0.3 is 15.3 Å². The smallest absolute Gasteiger partial charge is 0.248 e. The number of carbonyl (C=O) groups excluding carboxylic acids is 1. The van der Waals surface area contributed by atoms with Crippen molar-refractivity contribution in [2.75, 3.05) is 5.32 Å². The fraction of sp³-hybridized carbons (Fsp3) is 0. The first-order valence-electron chi connectivity index (χ1n) is 6.97. The predicted octanol–water partition coefficient (Wildman–Crippen LogP) is 2.63. The molecular weight excluding hydrogens is 292 g/mol. The lowest BCUT2D eigenvalue weighted by molar-refractivity contribution is -0.111. The normalized spacial score (nSPS) is 11.0. The Balaban J connectivity index is 1.97. The summed E-state index contributed by atoms with van der Waals surface area (Å²) in [6, 6.07) is 5.60. The molecule has 4 aromatic rings. The van der Waals surface area contributed by atoms with Crippen molar-refractivity contribution in [2.45, 2.75) is 0 Å². The van der Waals surface area contributed by atoms with E-state index in [1.807, 2.05) is 18.2 Å². The fourth-order valence-corrected chi connectivity index (χ4v) is 2.51. The third-order valence-corrected chi connectivity index (χ3v) is 3.52. The van der Waals surface area contributed by atoms with Gasteiger partial charge in [0.15, 0.2) is 5.65 Å². The average Bonchev–Trinajstić information content (AvgIpc) is 3.17. The van der Waals surface area contributed by atoms with Gasteiger partial charge in [-0.05, 0) is 24.3 Å². The highest BCUT2D eigenvalue weighted by molar-refractivity contribution is 6.07. The van der Waals surface area contributed by atoms with Crippen LogP contribution >= 0.6 is 0 Å². The van der Waals surface area contributed by atoms with Gasteiger partial charge in [0.1, 0.15) is 17.0 Å². The van der Waals surface area contributed by atoms with E-state index in [2.05, 4.69) is 36.8 Å². The summed E-state index contributed by atoms with van der Waals surface area (Å²) in [4.78, 5) is 31.1. The zero-order valence-electron chi connectivity index (χ0n) is 12.0. The predicted molar refractivity (Wildman–Crippen MR) is 87.8 cm³/mol. The van der Waals surface area contributed by atoms with E-state index in [0.717, 1.165) is 16.5 Å². The summed E-state index contributed by atoms with van der Waals surface area (Å²) in [6.07, 6.45) is 6.34. The molecule has 4 heterocycles. The van der Waals surface area contributed by atoms with Gasteiger partial charge in [0.2, 0.25) is 5.91 Å². The summed E-state index contributed by atoms with van der Waals surface area (Å²) in [7, 11) is 0. The first-order valence-corrected chi connectivity index (χ1v) is 6.97. The van der Waals surface area contributed by atoms with Gasteiger partial charge in [-0.3, -0.25) is 4.79 Å². The molecule has 0 fully saturated rings. The molecule has 7 nitrogen and oxygen atoms in total. The number of nitrogens with zero attached hydrogens (tertiary/aromatic N) is 3. The highest BCUT2D eigenvalue weighted by Gasteiger charge is 2.17. The number of pyridine rings is 1. The van der Waals surface area contributed by atoms with Crippen LogP contribution in [-0.4, -0.2) is 30.8 Å². The van der Waals surface area contributed by atoms with E-state index < -0.39 is 0 Å². The molecule has 3 N–H and O–H groups in total. The summed E-state index contributed by atoms with van der Waals surface area (Å²) < 4.78 is 0. The number of fused-ring (bicyclic) bond motifs is 2. The van der Waals surface area contributed by atoms with Crippen molar-refractivity contribution < 1.29 is 4.79 Å². The maximum absolute atomic E-state index is 11.7. The third-order valence-electron chi connectivity index (χ3n) is 3.52. The summed E-state index contributed by atoms with van der Waals surface area (Å²) in [5, 5.41) is 3.62. The summed E-state index contributed by atoms with van der Waals surface area (Å²) in [6.45, 7) is 3.47. The van der Waals surface area contributed by atoms with Crippen LogP contribution in [0.1, 0.15) is 0 Å². The van der Waals surface area contributed by atoms with Gasteiger partial charge in [-0.15, -0.1) is 0 Å². The Morgan fingerprint density at radius 1 is 1.26 bits per heavy atom. The number of nitrogens with one attached hydrogen (secondary N) is 3. The van der Waals surface area contributed by atoms with E-state index >= 15 is 0 Å². The van der Waals surface area contributed by atoms with Crippen LogP contribution in [0, 0.1) is 0 Å². The van der Waals surface area contributed by atoms with Crippen molar-refractivity contribution in [3.05, 3.63) is 49.4 Å². The van der Waals surface area contributed by atoms with Crippen LogP contribution in [-0.2, 0) is 4.79 Å². The zero-order valence-corrected chi connectivity index (χ0v) is 12.0. The Morgan fingerprint density at radius 2 is 2.17 bits per heavy atom. The Hall–Kier alpha value is -3.48. The average molecular weight is 304 g/mol. The number of H-pyrrole nitrogens is 2. The molecule has 0 saturated heterocycles. The second-order valence-corrected chi connectivity index (χ2v) is 4.93. The van der Waals surface area contributed by atoms with Crippen LogP contribution in [0.4, 0.5) is 5.82 Å². The number of aromatic amines is 2. The van der Waals surface area contributed by atoms with Gasteiger partial charge in [0.05, 0.1) is 17.5 Å². The van der Waals surface area contributed by atoms with Crippen molar-refractivity contribution >= 4 is 33.9 Å². The minimum Gasteiger partial charge on any atom is -0.345 e. The molecule has 23 heavy (non-hydrogen) atoms. The monoisotopic (exact) mass is 304 g/mol. The van der Waals surface area contributed by atoms with Gasteiger partial charge in [-0.2, -0.15) is 0 Å². The first-order chi connectivity index (χ1) is 11.3. The van der Waals surface area contributed by atoms with Crippen LogP contribution < -0.4 is 5.32 Å². The van der Waals surface area contributed by atoms with E-state index in [1.54, 1.807) is 18.6 Å². The molecule has 0 aliphatic rings. The Labute approximate surface area is 130 Å². The minimum absolute atomic E-state index is 0.312. The Morgan fingerprint density at radius 3 is 3.04 bits per heavy atom. The van der Waals surface area contributed by atoms with Gasteiger partial charge in [0.25, 0.3) is 0 Å². The molecule has 4 aromatic heterocycles. The molecule has 0 saturated carbocycles. The molecule has 0 aliphatic carbocycles. The number of anilines is 1. The van der Waals surface area contributed by atoms with E-state index in [-0.39, 0.29) is 5.91 Å². The van der Waals surface area contributed by atoms with Crippen molar-refractivity contribution in [2.24, 2.45) is 0 Å². The lowest BCUT2D eigenvalue weighted by Gasteiger charge is -2.04. The van der Waals surface area contributed by atoms with Crippen LogP contribution in [0.2, 0.25) is 0 Å². The maximum Gasteiger partial charge on any atom is 0.248 e. The standard InChI is InChI=1S/C16H12N6O/c1-2-12(23)21-16-13(9-4-3-6-17-14(9)22-16)11-8-19-15-10(20-11)5-7-18-15/h2-8H,1H2,(H,17,22)(H,18,19)(H,21,23). The number of hydrogen-bond donors (Lipinski definition) is 3. The fourth-order valence-electron chi connectivity index (χ4n) is 2.51. The quantitative estimate of drug-likeness (QED) is 0.507. The minimum atomic E-state index is -0.312. The second-order valence-electron chi connectivity index (χ2n) is 4.93. The number of carbonyl (C=O) groups is 1. The largest absolute Gasteiger partial charge is 0.345 e. The molecular formula is C16H12N6O. The molecule has 0 aliphatic heterocycles. The van der Waals surface area contributed by atoms with Crippen LogP contribution in [0.15, 0.2) is 49.4 Å². The maximum atomic E-state index is 11.7. The molecule has 0 spiro atoms. The number of aromatic nitrogens is 5. The molecule has 7 heteroatoms. The summed E-state index contributed by atoms with van der Waals surface area (Å²) >= 11 is 0. The molecule has 0 radical (unpaired) electrons. The highest BCUT2D eigenvalue weighted by atomic mass is 16.1. The molecule has 0 unspecified atom stereocenters. The van der Waals surface area contributed by atoms with Crippen molar-refractivity contribution in [3.8, 4) is 11.3 Å². The van der Waals surface area contributed by atoms with Gasteiger partial charge >= 0.3 is 0 Å². The molecule has 0 bridgehead atoms. The van der Waals surface area contributed by atoms with Gasteiger partial charge in [-0.25, -0.2) is 15.0 Å². The zero-order chi connectivity index (χ0) is 15.8. The third kappa shape index (κ3) is 2.15. The summed E-state index contributed by atoms with van der Waals surface area (Å²) in [5.74, 6) is 0.210. The molecule has 112 valence electrons.